The van der Waals surface area contributed by atoms with Crippen LogP contribution in [0.25, 0.3) is 0 Å². The van der Waals surface area contributed by atoms with Crippen molar-refractivity contribution in [2.75, 3.05) is 25.1 Å². The molecular weight excluding hydrogens is 354 g/mol. The van der Waals surface area contributed by atoms with Crippen LogP contribution in [0.4, 0.5) is 5.69 Å². The topological polar surface area (TPSA) is 74.6 Å². The molecule has 2 aromatic carbocycles. The Kier molecular flexibility index (Phi) is 5.18. The van der Waals surface area contributed by atoms with Crippen LogP contribution in [-0.2, 0) is 4.79 Å². The number of carbonyl (C=O) groups is 1. The molecule has 0 bridgehead atoms. The minimum absolute atomic E-state index is 0.0699. The molecule has 2 aliphatic heterocycles. The van der Waals surface area contributed by atoms with Gasteiger partial charge in [-0.3, -0.25) is 9.69 Å². The van der Waals surface area contributed by atoms with Crippen LogP contribution < -0.4 is 14.8 Å². The van der Waals surface area contributed by atoms with Gasteiger partial charge in [-0.1, -0.05) is 12.1 Å². The Labute approximate surface area is 164 Å². The average molecular weight is 377 g/mol. The number of fused-ring (bicyclic) bond motifs is 1. The molecule has 1 amide bonds. The van der Waals surface area contributed by atoms with Gasteiger partial charge in [0, 0.05) is 11.7 Å². The number of nitriles is 1. The van der Waals surface area contributed by atoms with E-state index in [0.717, 1.165) is 36.4 Å². The van der Waals surface area contributed by atoms with Gasteiger partial charge >= 0.3 is 0 Å². The molecule has 0 saturated carbocycles. The predicted molar refractivity (Wildman–Crippen MR) is 105 cm³/mol. The van der Waals surface area contributed by atoms with E-state index in [1.165, 1.54) is 0 Å². The van der Waals surface area contributed by atoms with Crippen LogP contribution in [0.3, 0.4) is 0 Å². The van der Waals surface area contributed by atoms with Crippen molar-refractivity contribution in [3.8, 4) is 17.6 Å². The highest BCUT2D eigenvalue weighted by Crippen LogP contribution is 2.39. The first-order valence-corrected chi connectivity index (χ1v) is 9.62. The fourth-order valence-corrected chi connectivity index (χ4v) is 3.94. The first kappa shape index (κ1) is 18.3. The summed E-state index contributed by atoms with van der Waals surface area (Å²) in [7, 11) is 0. The first-order chi connectivity index (χ1) is 13.7. The van der Waals surface area contributed by atoms with Gasteiger partial charge in [-0.05, 0) is 62.2 Å². The van der Waals surface area contributed by atoms with Gasteiger partial charge in [0.1, 0.15) is 13.2 Å². The van der Waals surface area contributed by atoms with Crippen molar-refractivity contribution in [2.45, 2.75) is 31.8 Å². The number of anilines is 1. The molecule has 6 nitrogen and oxygen atoms in total. The third-order valence-corrected chi connectivity index (χ3v) is 5.38. The number of nitrogens with zero attached hydrogens (tertiary/aromatic N) is 2. The van der Waals surface area contributed by atoms with Crippen LogP contribution in [-0.4, -0.2) is 36.6 Å². The van der Waals surface area contributed by atoms with Crippen molar-refractivity contribution >= 4 is 11.6 Å². The second-order valence-electron chi connectivity index (χ2n) is 7.16. The highest BCUT2D eigenvalue weighted by Gasteiger charge is 2.33. The fraction of sp³-hybridized carbons (Fsp3) is 0.364. The van der Waals surface area contributed by atoms with Gasteiger partial charge in [0.05, 0.1) is 17.7 Å². The van der Waals surface area contributed by atoms with E-state index >= 15 is 0 Å². The molecular formula is C22H23N3O3. The number of benzene rings is 2. The molecule has 1 N–H and O–H groups in total. The molecule has 6 heteroatoms. The van der Waals surface area contributed by atoms with E-state index in [1.807, 2.05) is 19.1 Å². The van der Waals surface area contributed by atoms with Crippen LogP contribution >= 0.6 is 0 Å². The SMILES string of the molecule is C[C@H](C(=O)Nc1cccc(C#N)c1)N1CCC[C@@H]1c1ccc2c(c1)OCCO2. The Morgan fingerprint density at radius 2 is 2.04 bits per heavy atom. The number of nitrogens with one attached hydrogen (secondary N) is 1. The van der Waals surface area contributed by atoms with Crippen LogP contribution in [0.1, 0.15) is 36.9 Å². The summed E-state index contributed by atoms with van der Waals surface area (Å²) < 4.78 is 11.3. The van der Waals surface area contributed by atoms with E-state index < -0.39 is 0 Å². The maximum Gasteiger partial charge on any atom is 0.241 e. The highest BCUT2D eigenvalue weighted by atomic mass is 16.6. The van der Waals surface area contributed by atoms with Crippen LogP contribution in [0, 0.1) is 11.3 Å². The Hall–Kier alpha value is -3.04. The normalized spacial score (nSPS) is 19.6. The van der Waals surface area contributed by atoms with Gasteiger partial charge in [-0.2, -0.15) is 5.26 Å². The minimum atomic E-state index is -0.286. The summed E-state index contributed by atoms with van der Waals surface area (Å²) in [5.41, 5.74) is 2.32. The molecule has 0 aliphatic carbocycles. The predicted octanol–water partition coefficient (Wildman–Crippen LogP) is 3.49. The maximum atomic E-state index is 12.8. The number of likely N-dealkylation sites (tertiary alicyclic amines) is 1. The van der Waals surface area contributed by atoms with Gasteiger partial charge in [0.15, 0.2) is 11.5 Å². The highest BCUT2D eigenvalue weighted by molar-refractivity contribution is 5.94. The fourth-order valence-electron chi connectivity index (χ4n) is 3.94. The number of rotatable bonds is 4. The first-order valence-electron chi connectivity index (χ1n) is 9.62. The average Bonchev–Trinajstić information content (AvgIpc) is 3.22. The molecule has 0 radical (unpaired) electrons. The van der Waals surface area contributed by atoms with Crippen molar-refractivity contribution in [1.82, 2.24) is 4.90 Å². The number of hydrogen-bond donors (Lipinski definition) is 1. The third kappa shape index (κ3) is 3.67. The summed E-state index contributed by atoms with van der Waals surface area (Å²) in [6.07, 6.45) is 2.04. The summed E-state index contributed by atoms with van der Waals surface area (Å²) in [4.78, 5) is 15.1. The summed E-state index contributed by atoms with van der Waals surface area (Å²) >= 11 is 0. The molecule has 1 fully saturated rings. The van der Waals surface area contributed by atoms with E-state index in [1.54, 1.807) is 24.3 Å². The van der Waals surface area contributed by atoms with Gasteiger partial charge in [-0.25, -0.2) is 0 Å². The largest absolute Gasteiger partial charge is 0.486 e. The molecule has 28 heavy (non-hydrogen) atoms. The van der Waals surface area contributed by atoms with Crippen molar-refractivity contribution in [3.63, 3.8) is 0 Å². The summed E-state index contributed by atoms with van der Waals surface area (Å²) in [5.74, 6) is 1.49. The van der Waals surface area contributed by atoms with E-state index in [-0.39, 0.29) is 18.0 Å². The lowest BCUT2D eigenvalue weighted by Gasteiger charge is -2.31. The van der Waals surface area contributed by atoms with E-state index in [0.29, 0.717) is 24.5 Å². The lowest BCUT2D eigenvalue weighted by atomic mass is 10.0. The van der Waals surface area contributed by atoms with Gasteiger partial charge in [-0.15, -0.1) is 0 Å². The van der Waals surface area contributed by atoms with E-state index in [4.69, 9.17) is 14.7 Å². The van der Waals surface area contributed by atoms with Gasteiger partial charge < -0.3 is 14.8 Å². The van der Waals surface area contributed by atoms with Crippen molar-refractivity contribution < 1.29 is 14.3 Å². The lowest BCUT2D eigenvalue weighted by Crippen LogP contribution is -2.41. The molecule has 144 valence electrons. The molecule has 1 saturated heterocycles. The zero-order valence-electron chi connectivity index (χ0n) is 15.9. The lowest BCUT2D eigenvalue weighted by molar-refractivity contribution is -0.121. The second kappa shape index (κ2) is 7.91. The van der Waals surface area contributed by atoms with Gasteiger partial charge in [0.2, 0.25) is 5.91 Å². The zero-order chi connectivity index (χ0) is 19.5. The number of ether oxygens (including phenoxy) is 2. The Morgan fingerprint density at radius 3 is 2.86 bits per heavy atom. The summed E-state index contributed by atoms with van der Waals surface area (Å²) in [6, 6.07) is 15.0. The number of carbonyl (C=O) groups excluding carboxylic acids is 1. The van der Waals surface area contributed by atoms with Crippen LogP contribution in [0.5, 0.6) is 11.5 Å². The number of hydrogen-bond acceptors (Lipinski definition) is 5. The van der Waals surface area contributed by atoms with Crippen molar-refractivity contribution in [2.24, 2.45) is 0 Å². The molecule has 0 spiro atoms. The standard InChI is InChI=1S/C22H23N3O3/c1-15(22(26)24-18-5-2-4-16(12-18)14-23)25-9-3-6-19(25)17-7-8-20-21(13-17)28-11-10-27-20/h2,4-5,7-8,12-13,15,19H,3,6,9-11H2,1H3,(H,24,26)/t15-,19-/m1/s1. The van der Waals surface area contributed by atoms with E-state index in [2.05, 4.69) is 22.4 Å². The molecule has 2 heterocycles. The molecule has 2 aliphatic rings. The maximum absolute atomic E-state index is 12.8. The zero-order valence-corrected chi connectivity index (χ0v) is 15.9. The molecule has 2 aromatic rings. The van der Waals surface area contributed by atoms with Crippen LogP contribution in [0.2, 0.25) is 0 Å². The van der Waals surface area contributed by atoms with Crippen LogP contribution in [0.15, 0.2) is 42.5 Å². The van der Waals surface area contributed by atoms with Crippen molar-refractivity contribution in [3.05, 3.63) is 53.6 Å². The molecule has 4 rings (SSSR count). The summed E-state index contributed by atoms with van der Waals surface area (Å²) in [5, 5.41) is 12.0. The Morgan fingerprint density at radius 1 is 1.21 bits per heavy atom. The Balaban J connectivity index is 1.49. The minimum Gasteiger partial charge on any atom is -0.486 e. The second-order valence-corrected chi connectivity index (χ2v) is 7.16. The quantitative estimate of drug-likeness (QED) is 0.883. The van der Waals surface area contributed by atoms with E-state index in [9.17, 15) is 4.79 Å². The van der Waals surface area contributed by atoms with Gasteiger partial charge in [0.25, 0.3) is 0 Å². The molecule has 2 atom stereocenters. The number of amides is 1. The third-order valence-electron chi connectivity index (χ3n) is 5.38. The Bertz CT molecular complexity index is 921. The summed E-state index contributed by atoms with van der Waals surface area (Å²) in [6.45, 7) is 3.93. The van der Waals surface area contributed by atoms with Crippen molar-refractivity contribution in [1.29, 1.82) is 5.26 Å². The molecule has 0 aromatic heterocycles. The molecule has 0 unspecified atom stereocenters. The smallest absolute Gasteiger partial charge is 0.241 e. The monoisotopic (exact) mass is 377 g/mol.